The number of nitrogens with zero attached hydrogens (tertiary/aromatic N) is 2. The highest BCUT2D eigenvalue weighted by Gasteiger charge is 2.16. The summed E-state index contributed by atoms with van der Waals surface area (Å²) < 4.78 is 16.3. The normalized spacial score (nSPS) is 10.5. The molecule has 0 atom stereocenters. The number of anilines is 1. The minimum Gasteiger partial charge on any atom is -0.495 e. The molecule has 0 saturated carbocycles. The van der Waals surface area contributed by atoms with E-state index in [4.69, 9.17) is 14.0 Å². The van der Waals surface area contributed by atoms with Gasteiger partial charge in [-0.15, -0.1) is 11.3 Å². The lowest BCUT2D eigenvalue weighted by atomic mass is 10.2. The summed E-state index contributed by atoms with van der Waals surface area (Å²) >= 11 is 1.52. The molecule has 4 rings (SSSR count). The number of thiophene rings is 1. The van der Waals surface area contributed by atoms with Gasteiger partial charge < -0.3 is 19.3 Å². The first-order valence-corrected chi connectivity index (χ1v) is 9.65. The van der Waals surface area contributed by atoms with Gasteiger partial charge in [0.2, 0.25) is 5.82 Å². The fourth-order valence-electron chi connectivity index (χ4n) is 2.69. The largest absolute Gasteiger partial charge is 0.495 e. The molecule has 2 aromatic heterocycles. The van der Waals surface area contributed by atoms with Gasteiger partial charge in [-0.05, 0) is 35.7 Å². The molecule has 0 radical (unpaired) electrons. The number of hydrogen-bond donors (Lipinski definition) is 1. The SMILES string of the molecule is COc1ccccc1NC(=O)COc1ccccc1-c1noc(-c2cccs2)n1. The number of nitrogens with one attached hydrogen (secondary N) is 1. The van der Waals surface area contributed by atoms with Crippen molar-refractivity contribution in [3.63, 3.8) is 0 Å². The first-order chi connectivity index (χ1) is 14.2. The Labute approximate surface area is 170 Å². The molecule has 7 nitrogen and oxygen atoms in total. The molecule has 146 valence electrons. The first-order valence-electron chi connectivity index (χ1n) is 8.77. The van der Waals surface area contributed by atoms with Crippen LogP contribution in [0.15, 0.2) is 70.6 Å². The van der Waals surface area contributed by atoms with E-state index in [-0.39, 0.29) is 12.5 Å². The van der Waals surface area contributed by atoms with Crippen molar-refractivity contribution in [2.24, 2.45) is 0 Å². The molecule has 29 heavy (non-hydrogen) atoms. The van der Waals surface area contributed by atoms with Crippen LogP contribution in [0, 0.1) is 0 Å². The van der Waals surface area contributed by atoms with E-state index in [0.717, 1.165) is 4.88 Å². The van der Waals surface area contributed by atoms with Gasteiger partial charge in [0.25, 0.3) is 11.8 Å². The quantitative estimate of drug-likeness (QED) is 0.486. The first kappa shape index (κ1) is 18.7. The molecule has 0 aliphatic carbocycles. The number of carbonyl (C=O) groups excluding carboxylic acids is 1. The molecular weight excluding hydrogens is 390 g/mol. The van der Waals surface area contributed by atoms with Crippen molar-refractivity contribution in [2.45, 2.75) is 0 Å². The summed E-state index contributed by atoms with van der Waals surface area (Å²) in [6.45, 7) is -0.176. The van der Waals surface area contributed by atoms with E-state index >= 15 is 0 Å². The van der Waals surface area contributed by atoms with Crippen molar-refractivity contribution in [3.8, 4) is 33.7 Å². The maximum Gasteiger partial charge on any atom is 0.268 e. The van der Waals surface area contributed by atoms with Crippen LogP contribution in [-0.2, 0) is 4.79 Å². The van der Waals surface area contributed by atoms with Gasteiger partial charge in [0, 0.05) is 0 Å². The maximum atomic E-state index is 12.3. The van der Waals surface area contributed by atoms with E-state index < -0.39 is 0 Å². The summed E-state index contributed by atoms with van der Waals surface area (Å²) in [7, 11) is 1.55. The van der Waals surface area contributed by atoms with Crippen molar-refractivity contribution in [2.75, 3.05) is 19.0 Å². The van der Waals surface area contributed by atoms with Crippen LogP contribution in [0.5, 0.6) is 11.5 Å². The highest BCUT2D eigenvalue weighted by Crippen LogP contribution is 2.31. The Kier molecular flexibility index (Phi) is 5.53. The van der Waals surface area contributed by atoms with Crippen LogP contribution in [-0.4, -0.2) is 29.8 Å². The van der Waals surface area contributed by atoms with Gasteiger partial charge in [-0.1, -0.05) is 35.5 Å². The average molecular weight is 407 g/mol. The zero-order valence-corrected chi connectivity index (χ0v) is 16.3. The molecule has 0 unspecified atom stereocenters. The fraction of sp³-hybridized carbons (Fsp3) is 0.0952. The van der Waals surface area contributed by atoms with E-state index in [1.165, 1.54) is 11.3 Å². The van der Waals surface area contributed by atoms with Crippen LogP contribution >= 0.6 is 11.3 Å². The van der Waals surface area contributed by atoms with Gasteiger partial charge in [0.15, 0.2) is 6.61 Å². The van der Waals surface area contributed by atoms with Gasteiger partial charge in [-0.25, -0.2) is 0 Å². The summed E-state index contributed by atoms with van der Waals surface area (Å²) in [6.07, 6.45) is 0. The standard InChI is InChI=1S/C21H17N3O4S/c1-26-17-10-5-3-8-15(17)22-19(25)13-27-16-9-4-2-7-14(16)20-23-21(28-24-20)18-11-6-12-29-18/h2-12H,13H2,1H3,(H,22,25). The van der Waals surface area contributed by atoms with Crippen molar-refractivity contribution < 1.29 is 18.8 Å². The number of benzene rings is 2. The van der Waals surface area contributed by atoms with E-state index in [2.05, 4.69) is 15.5 Å². The summed E-state index contributed by atoms with van der Waals surface area (Å²) in [6, 6.07) is 18.2. The van der Waals surface area contributed by atoms with Gasteiger partial charge in [0.05, 0.1) is 23.2 Å². The third-order valence-corrected chi connectivity index (χ3v) is 4.88. The molecule has 0 spiro atoms. The average Bonchev–Trinajstić information content (AvgIpc) is 3.45. The zero-order chi connectivity index (χ0) is 20.1. The molecule has 0 aliphatic heterocycles. The van der Waals surface area contributed by atoms with Gasteiger partial charge in [-0.3, -0.25) is 4.79 Å². The number of ether oxygens (including phenoxy) is 2. The van der Waals surface area contributed by atoms with Crippen LogP contribution < -0.4 is 14.8 Å². The van der Waals surface area contributed by atoms with E-state index in [0.29, 0.717) is 34.5 Å². The Balaban J connectivity index is 1.47. The number of hydrogen-bond acceptors (Lipinski definition) is 7. The molecule has 0 fully saturated rings. The summed E-state index contributed by atoms with van der Waals surface area (Å²) in [5, 5.41) is 8.76. The predicted octanol–water partition coefficient (Wildman–Crippen LogP) is 4.49. The fourth-order valence-corrected chi connectivity index (χ4v) is 3.33. The van der Waals surface area contributed by atoms with Gasteiger partial charge in [0.1, 0.15) is 11.5 Å². The number of para-hydroxylation sites is 3. The van der Waals surface area contributed by atoms with Crippen LogP contribution in [0.25, 0.3) is 22.2 Å². The Morgan fingerprint density at radius 1 is 1.07 bits per heavy atom. The summed E-state index contributed by atoms with van der Waals surface area (Å²) in [4.78, 5) is 17.6. The van der Waals surface area contributed by atoms with Crippen LogP contribution in [0.2, 0.25) is 0 Å². The molecule has 0 saturated heterocycles. The maximum absolute atomic E-state index is 12.3. The summed E-state index contributed by atoms with van der Waals surface area (Å²) in [5.74, 6) is 1.60. The Morgan fingerprint density at radius 2 is 1.86 bits per heavy atom. The van der Waals surface area contributed by atoms with Crippen LogP contribution in [0.3, 0.4) is 0 Å². The van der Waals surface area contributed by atoms with Crippen molar-refractivity contribution >= 4 is 22.9 Å². The number of methoxy groups -OCH3 is 1. The Morgan fingerprint density at radius 3 is 2.66 bits per heavy atom. The number of carbonyl (C=O) groups is 1. The summed E-state index contributed by atoms with van der Waals surface area (Å²) in [5.41, 5.74) is 1.22. The van der Waals surface area contributed by atoms with E-state index in [1.807, 2.05) is 47.8 Å². The topological polar surface area (TPSA) is 86.5 Å². The minimum atomic E-state index is -0.309. The second-order valence-electron chi connectivity index (χ2n) is 5.93. The second kappa shape index (κ2) is 8.57. The second-order valence-corrected chi connectivity index (χ2v) is 6.88. The third kappa shape index (κ3) is 4.27. The van der Waals surface area contributed by atoms with E-state index in [1.54, 1.807) is 25.3 Å². The third-order valence-electron chi connectivity index (χ3n) is 4.03. The minimum absolute atomic E-state index is 0.176. The smallest absolute Gasteiger partial charge is 0.268 e. The van der Waals surface area contributed by atoms with E-state index in [9.17, 15) is 4.79 Å². The number of aromatic nitrogens is 2. The van der Waals surface area contributed by atoms with Crippen LogP contribution in [0.4, 0.5) is 5.69 Å². The number of amides is 1. The number of rotatable bonds is 7. The van der Waals surface area contributed by atoms with Crippen LogP contribution in [0.1, 0.15) is 0 Å². The van der Waals surface area contributed by atoms with Crippen molar-refractivity contribution in [3.05, 3.63) is 66.0 Å². The predicted molar refractivity (Wildman–Crippen MR) is 110 cm³/mol. The van der Waals surface area contributed by atoms with Crippen molar-refractivity contribution in [1.82, 2.24) is 10.1 Å². The van der Waals surface area contributed by atoms with Gasteiger partial charge in [-0.2, -0.15) is 4.98 Å². The monoisotopic (exact) mass is 407 g/mol. The molecule has 2 aromatic carbocycles. The molecule has 8 heteroatoms. The molecule has 4 aromatic rings. The highest BCUT2D eigenvalue weighted by atomic mass is 32.1. The molecular formula is C21H17N3O4S. The lowest BCUT2D eigenvalue weighted by Crippen LogP contribution is -2.20. The molecule has 0 bridgehead atoms. The van der Waals surface area contributed by atoms with Gasteiger partial charge >= 0.3 is 0 Å². The highest BCUT2D eigenvalue weighted by molar-refractivity contribution is 7.13. The lowest BCUT2D eigenvalue weighted by Gasteiger charge is -2.11. The zero-order valence-electron chi connectivity index (χ0n) is 15.5. The molecule has 1 N–H and O–H groups in total. The molecule has 0 aliphatic rings. The molecule has 1 amide bonds. The Bertz CT molecular complexity index is 1110. The lowest BCUT2D eigenvalue weighted by molar-refractivity contribution is -0.118. The van der Waals surface area contributed by atoms with Crippen molar-refractivity contribution in [1.29, 1.82) is 0 Å². The molecule has 2 heterocycles. The Hall–Kier alpha value is -3.65.